The normalized spacial score (nSPS) is 22.4. The van der Waals surface area contributed by atoms with Gasteiger partial charge in [-0.3, -0.25) is 0 Å². The Hall–Kier alpha value is -0.610. The molecule has 1 unspecified atom stereocenters. The predicted molar refractivity (Wildman–Crippen MR) is 64.6 cm³/mol. The van der Waals surface area contributed by atoms with Crippen LogP contribution >= 0.6 is 12.2 Å². The maximum Gasteiger partial charge on any atom is 0.177 e. The van der Waals surface area contributed by atoms with E-state index in [0.717, 1.165) is 17.2 Å². The zero-order valence-electron chi connectivity index (χ0n) is 9.49. The van der Waals surface area contributed by atoms with Gasteiger partial charge in [-0.05, 0) is 44.6 Å². The van der Waals surface area contributed by atoms with Crippen molar-refractivity contribution in [2.75, 3.05) is 19.6 Å². The van der Waals surface area contributed by atoms with E-state index < -0.39 is 0 Å². The van der Waals surface area contributed by atoms with Crippen molar-refractivity contribution in [1.82, 2.24) is 14.5 Å². The van der Waals surface area contributed by atoms with E-state index in [2.05, 4.69) is 28.3 Å². The lowest BCUT2D eigenvalue weighted by atomic mass is 10.1. The molecule has 2 rings (SSSR count). The van der Waals surface area contributed by atoms with Crippen LogP contribution < -0.4 is 0 Å². The van der Waals surface area contributed by atoms with E-state index in [-0.39, 0.29) is 0 Å². The number of H-pyrrole nitrogens is 1. The monoisotopic (exact) mass is 225 g/mol. The second-order valence-corrected chi connectivity index (χ2v) is 4.78. The summed E-state index contributed by atoms with van der Waals surface area (Å²) >= 11 is 5.26. The molecule has 2 heterocycles. The molecule has 84 valence electrons. The number of hydrogen-bond donors (Lipinski definition) is 1. The number of aromatic amines is 1. The first-order valence-electron chi connectivity index (χ1n) is 5.68. The number of rotatable bonds is 3. The number of imidazole rings is 1. The SMILES string of the molecule is CCN1CCC(Cn2c(C)c[nH]c2=S)C1. The Balaban J connectivity index is 2.01. The topological polar surface area (TPSA) is 24.0 Å². The average molecular weight is 225 g/mol. The lowest BCUT2D eigenvalue weighted by molar-refractivity contribution is 0.331. The summed E-state index contributed by atoms with van der Waals surface area (Å²) in [5.41, 5.74) is 1.25. The molecule has 0 spiro atoms. The van der Waals surface area contributed by atoms with Crippen molar-refractivity contribution in [3.8, 4) is 0 Å². The molecular weight excluding hydrogens is 206 g/mol. The van der Waals surface area contributed by atoms with E-state index in [1.807, 2.05) is 6.20 Å². The summed E-state index contributed by atoms with van der Waals surface area (Å²) in [4.78, 5) is 5.61. The molecule has 0 saturated carbocycles. The Labute approximate surface area is 96.1 Å². The molecule has 1 saturated heterocycles. The molecule has 0 aromatic carbocycles. The third-order valence-corrected chi connectivity index (χ3v) is 3.67. The molecule has 3 nitrogen and oxygen atoms in total. The molecule has 0 amide bonds. The van der Waals surface area contributed by atoms with Crippen LogP contribution in [0.1, 0.15) is 19.0 Å². The molecular formula is C11H19N3S. The van der Waals surface area contributed by atoms with Crippen molar-refractivity contribution in [1.29, 1.82) is 0 Å². The van der Waals surface area contributed by atoms with Crippen molar-refractivity contribution in [3.63, 3.8) is 0 Å². The molecule has 1 aliphatic rings. The lowest BCUT2D eigenvalue weighted by Crippen LogP contribution is -2.21. The van der Waals surface area contributed by atoms with E-state index >= 15 is 0 Å². The lowest BCUT2D eigenvalue weighted by Gasteiger charge is -2.14. The molecule has 1 aliphatic heterocycles. The molecule has 1 atom stereocenters. The van der Waals surface area contributed by atoms with Crippen LogP contribution in [0.3, 0.4) is 0 Å². The predicted octanol–water partition coefficient (Wildman–Crippen LogP) is 2.20. The Morgan fingerprint density at radius 2 is 2.40 bits per heavy atom. The van der Waals surface area contributed by atoms with E-state index in [1.165, 1.54) is 31.7 Å². The van der Waals surface area contributed by atoms with Crippen LogP contribution in [-0.2, 0) is 6.54 Å². The minimum Gasteiger partial charge on any atom is -0.337 e. The van der Waals surface area contributed by atoms with Gasteiger partial charge >= 0.3 is 0 Å². The second-order valence-electron chi connectivity index (χ2n) is 4.39. The Morgan fingerprint density at radius 3 is 2.93 bits per heavy atom. The standard InChI is InChI=1S/C11H19N3S/c1-3-13-5-4-10(7-13)8-14-9(2)6-12-11(14)15/h6,10H,3-5,7-8H2,1-2H3,(H,12,15). The van der Waals surface area contributed by atoms with Gasteiger partial charge in [0.05, 0.1) is 0 Å². The molecule has 1 fully saturated rings. The van der Waals surface area contributed by atoms with E-state index in [9.17, 15) is 0 Å². The molecule has 1 N–H and O–H groups in total. The van der Waals surface area contributed by atoms with Crippen LogP contribution in [0, 0.1) is 17.6 Å². The van der Waals surface area contributed by atoms with Gasteiger partial charge in [-0.1, -0.05) is 6.92 Å². The van der Waals surface area contributed by atoms with Crippen molar-refractivity contribution in [3.05, 3.63) is 16.7 Å². The van der Waals surface area contributed by atoms with Crippen molar-refractivity contribution in [2.45, 2.75) is 26.8 Å². The largest absolute Gasteiger partial charge is 0.337 e. The second kappa shape index (κ2) is 4.49. The van der Waals surface area contributed by atoms with Crippen molar-refractivity contribution < 1.29 is 0 Å². The quantitative estimate of drug-likeness (QED) is 0.797. The van der Waals surface area contributed by atoms with E-state index in [4.69, 9.17) is 12.2 Å². The molecule has 1 aromatic heterocycles. The van der Waals surface area contributed by atoms with Crippen molar-refractivity contribution >= 4 is 12.2 Å². The van der Waals surface area contributed by atoms with Crippen molar-refractivity contribution in [2.24, 2.45) is 5.92 Å². The highest BCUT2D eigenvalue weighted by atomic mass is 32.1. The summed E-state index contributed by atoms with van der Waals surface area (Å²) in [6.07, 6.45) is 3.30. The van der Waals surface area contributed by atoms with E-state index in [0.29, 0.717) is 0 Å². The summed E-state index contributed by atoms with van der Waals surface area (Å²) < 4.78 is 3.08. The summed E-state index contributed by atoms with van der Waals surface area (Å²) in [6, 6.07) is 0. The average Bonchev–Trinajstić information content (AvgIpc) is 2.80. The number of nitrogens with one attached hydrogen (secondary N) is 1. The molecule has 4 heteroatoms. The summed E-state index contributed by atoms with van der Waals surface area (Å²) in [6.45, 7) is 9.06. The first-order chi connectivity index (χ1) is 7.20. The van der Waals surface area contributed by atoms with Crippen LogP contribution in [0.2, 0.25) is 0 Å². The van der Waals surface area contributed by atoms with Gasteiger partial charge in [-0.2, -0.15) is 0 Å². The maximum absolute atomic E-state index is 5.26. The van der Waals surface area contributed by atoms with Crippen LogP contribution in [0.4, 0.5) is 0 Å². The Bertz CT molecular complexity index is 379. The van der Waals surface area contributed by atoms with Gasteiger partial charge in [-0.15, -0.1) is 0 Å². The van der Waals surface area contributed by atoms with Crippen LogP contribution in [0.5, 0.6) is 0 Å². The number of aromatic nitrogens is 2. The number of aryl methyl sites for hydroxylation is 1. The first-order valence-corrected chi connectivity index (χ1v) is 6.08. The summed E-state index contributed by atoms with van der Waals surface area (Å²) in [7, 11) is 0. The maximum atomic E-state index is 5.26. The molecule has 1 aromatic rings. The highest BCUT2D eigenvalue weighted by Gasteiger charge is 2.21. The highest BCUT2D eigenvalue weighted by molar-refractivity contribution is 7.71. The third-order valence-electron chi connectivity index (χ3n) is 3.33. The molecule has 15 heavy (non-hydrogen) atoms. The van der Waals surface area contributed by atoms with Crippen LogP contribution in [-0.4, -0.2) is 34.1 Å². The number of likely N-dealkylation sites (tertiary alicyclic amines) is 1. The number of hydrogen-bond acceptors (Lipinski definition) is 2. The highest BCUT2D eigenvalue weighted by Crippen LogP contribution is 2.18. The fourth-order valence-electron chi connectivity index (χ4n) is 2.32. The fraction of sp³-hybridized carbons (Fsp3) is 0.727. The van der Waals surface area contributed by atoms with Crippen LogP contribution in [0.25, 0.3) is 0 Å². The Kier molecular flexibility index (Phi) is 3.26. The fourth-order valence-corrected chi connectivity index (χ4v) is 2.59. The van der Waals surface area contributed by atoms with Gasteiger partial charge in [0, 0.05) is 25.0 Å². The van der Waals surface area contributed by atoms with Gasteiger partial charge < -0.3 is 14.5 Å². The Morgan fingerprint density at radius 1 is 1.60 bits per heavy atom. The summed E-state index contributed by atoms with van der Waals surface area (Å²) in [5, 5.41) is 0. The minimum absolute atomic E-state index is 0.770. The van der Waals surface area contributed by atoms with Gasteiger partial charge in [0.15, 0.2) is 4.77 Å². The minimum atomic E-state index is 0.770. The van der Waals surface area contributed by atoms with Crippen LogP contribution in [0.15, 0.2) is 6.20 Å². The zero-order chi connectivity index (χ0) is 10.8. The van der Waals surface area contributed by atoms with Gasteiger partial charge in [-0.25, -0.2) is 0 Å². The van der Waals surface area contributed by atoms with Gasteiger partial charge in [0.1, 0.15) is 0 Å². The zero-order valence-corrected chi connectivity index (χ0v) is 10.3. The molecule has 0 aliphatic carbocycles. The molecule has 0 radical (unpaired) electrons. The third kappa shape index (κ3) is 2.32. The smallest absolute Gasteiger partial charge is 0.177 e. The van der Waals surface area contributed by atoms with Gasteiger partial charge in [0.25, 0.3) is 0 Å². The van der Waals surface area contributed by atoms with Gasteiger partial charge in [0.2, 0.25) is 0 Å². The summed E-state index contributed by atoms with van der Waals surface area (Å²) in [5.74, 6) is 0.770. The molecule has 0 bridgehead atoms. The van der Waals surface area contributed by atoms with E-state index in [1.54, 1.807) is 0 Å². The number of nitrogens with zero attached hydrogens (tertiary/aromatic N) is 2. The first kappa shape index (κ1) is 10.9.